The van der Waals surface area contributed by atoms with E-state index in [1.807, 2.05) is 43.3 Å². The van der Waals surface area contributed by atoms with Gasteiger partial charge in [0.1, 0.15) is 0 Å². The molecule has 3 aromatic rings. The van der Waals surface area contributed by atoms with Gasteiger partial charge in [-0.05, 0) is 24.6 Å². The first-order valence-electron chi connectivity index (χ1n) is 8.62. The van der Waals surface area contributed by atoms with Crippen molar-refractivity contribution in [2.45, 2.75) is 19.8 Å². The van der Waals surface area contributed by atoms with Crippen LogP contribution in [0.25, 0.3) is 22.5 Å². The molecule has 0 bridgehead atoms. The van der Waals surface area contributed by atoms with Crippen LogP contribution in [0.15, 0.2) is 65.6 Å². The molecule has 0 saturated heterocycles. The smallest absolute Gasteiger partial charge is 0.330 e. The van der Waals surface area contributed by atoms with Crippen LogP contribution in [0.5, 0.6) is 0 Å². The maximum atomic E-state index is 12.8. The van der Waals surface area contributed by atoms with Gasteiger partial charge in [-0.1, -0.05) is 49.7 Å². The van der Waals surface area contributed by atoms with Crippen LogP contribution < -0.4 is 5.56 Å². The Labute approximate surface area is 151 Å². The summed E-state index contributed by atoms with van der Waals surface area (Å²) in [7, 11) is 0. The van der Waals surface area contributed by atoms with Gasteiger partial charge in [0.15, 0.2) is 0 Å². The van der Waals surface area contributed by atoms with E-state index in [0.717, 1.165) is 18.2 Å². The summed E-state index contributed by atoms with van der Waals surface area (Å²) in [5, 5.41) is 5.67. The number of aromatic nitrogens is 2. The molecule has 5 heteroatoms. The molecule has 0 radical (unpaired) electrons. The maximum Gasteiger partial charge on any atom is 0.330 e. The van der Waals surface area contributed by atoms with Crippen molar-refractivity contribution in [2.24, 2.45) is 0 Å². The van der Waals surface area contributed by atoms with Gasteiger partial charge < -0.3 is 4.74 Å². The maximum absolute atomic E-state index is 12.8. The van der Waals surface area contributed by atoms with Gasteiger partial charge in [0.05, 0.1) is 23.9 Å². The summed E-state index contributed by atoms with van der Waals surface area (Å²) in [5.74, 6) is -0.396. The fraction of sp³-hybridized carbons (Fsp3) is 0.190. The number of carbonyl (C=O) groups excluding carboxylic acids is 1. The van der Waals surface area contributed by atoms with E-state index in [9.17, 15) is 9.59 Å². The van der Waals surface area contributed by atoms with Crippen molar-refractivity contribution in [1.82, 2.24) is 9.78 Å². The molecule has 1 heterocycles. The van der Waals surface area contributed by atoms with Gasteiger partial charge in [0, 0.05) is 17.0 Å². The number of ether oxygens (including phenoxy) is 1. The molecule has 0 aliphatic heterocycles. The number of esters is 1. The van der Waals surface area contributed by atoms with Crippen LogP contribution in [0.4, 0.5) is 0 Å². The summed E-state index contributed by atoms with van der Waals surface area (Å²) in [4.78, 5) is 24.6. The van der Waals surface area contributed by atoms with Crippen molar-refractivity contribution in [3.63, 3.8) is 0 Å². The minimum atomic E-state index is -0.396. The normalized spacial score (nSPS) is 11.1. The molecule has 0 aliphatic rings. The highest BCUT2D eigenvalue weighted by Crippen LogP contribution is 2.15. The topological polar surface area (TPSA) is 61.2 Å². The highest BCUT2D eigenvalue weighted by Gasteiger charge is 2.08. The summed E-state index contributed by atoms with van der Waals surface area (Å²) in [6, 6.07) is 14.6. The quantitative estimate of drug-likeness (QED) is 0.387. The molecule has 0 spiro atoms. The van der Waals surface area contributed by atoms with Gasteiger partial charge in [-0.25, -0.2) is 4.79 Å². The Kier molecular flexibility index (Phi) is 5.59. The fourth-order valence-corrected chi connectivity index (χ4v) is 2.61. The third-order valence-corrected chi connectivity index (χ3v) is 4.00. The van der Waals surface area contributed by atoms with Gasteiger partial charge in [-0.3, -0.25) is 4.79 Å². The molecule has 0 atom stereocenters. The summed E-state index contributed by atoms with van der Waals surface area (Å²) in [6.07, 6.45) is 6.49. The van der Waals surface area contributed by atoms with E-state index >= 15 is 0 Å². The molecule has 132 valence electrons. The van der Waals surface area contributed by atoms with Gasteiger partial charge in [0.2, 0.25) is 0 Å². The number of rotatable bonds is 6. The predicted molar refractivity (Wildman–Crippen MR) is 102 cm³/mol. The summed E-state index contributed by atoms with van der Waals surface area (Å²) < 4.78 is 6.47. The number of nitrogens with zero attached hydrogens (tertiary/aromatic N) is 2. The van der Waals surface area contributed by atoms with Crippen molar-refractivity contribution in [1.29, 1.82) is 0 Å². The SMILES string of the molecule is CCCCOC(=O)/C=C/c1ccccc1-n1ncc2ccccc2c1=O. The van der Waals surface area contributed by atoms with Gasteiger partial charge in [0.25, 0.3) is 5.56 Å². The number of fused-ring (bicyclic) bond motifs is 1. The molecule has 0 saturated carbocycles. The van der Waals surface area contributed by atoms with Crippen LogP contribution in [-0.4, -0.2) is 22.4 Å². The van der Waals surface area contributed by atoms with Crippen molar-refractivity contribution in [3.8, 4) is 5.69 Å². The van der Waals surface area contributed by atoms with E-state index < -0.39 is 5.97 Å². The zero-order valence-corrected chi connectivity index (χ0v) is 14.6. The second kappa shape index (κ2) is 8.25. The molecule has 0 fully saturated rings. The Balaban J connectivity index is 1.94. The molecule has 0 N–H and O–H groups in total. The molecule has 0 aliphatic carbocycles. The van der Waals surface area contributed by atoms with Crippen molar-refractivity contribution in [2.75, 3.05) is 6.61 Å². The van der Waals surface area contributed by atoms with E-state index in [1.165, 1.54) is 10.8 Å². The molecular weight excluding hydrogens is 328 g/mol. The van der Waals surface area contributed by atoms with E-state index in [0.29, 0.717) is 23.2 Å². The number of hydrogen-bond donors (Lipinski definition) is 0. The van der Waals surface area contributed by atoms with Crippen LogP contribution in [0.3, 0.4) is 0 Å². The Hall–Kier alpha value is -3.21. The number of para-hydroxylation sites is 1. The molecule has 0 amide bonds. The second-order valence-corrected chi connectivity index (χ2v) is 5.86. The lowest BCUT2D eigenvalue weighted by molar-refractivity contribution is -0.137. The lowest BCUT2D eigenvalue weighted by Crippen LogP contribution is -2.21. The summed E-state index contributed by atoms with van der Waals surface area (Å²) in [6.45, 7) is 2.45. The first-order chi connectivity index (χ1) is 12.7. The highest BCUT2D eigenvalue weighted by molar-refractivity contribution is 5.88. The summed E-state index contributed by atoms with van der Waals surface area (Å²) in [5.41, 5.74) is 1.13. The van der Waals surface area contributed by atoms with E-state index in [-0.39, 0.29) is 5.56 Å². The van der Waals surface area contributed by atoms with E-state index in [1.54, 1.807) is 24.4 Å². The standard InChI is InChI=1S/C21H20N2O3/c1-2-3-14-26-20(24)13-12-16-8-5-7-11-19(16)23-21(25)18-10-6-4-9-17(18)15-22-23/h4-13,15H,2-3,14H2,1H3/b13-12+. The second-order valence-electron chi connectivity index (χ2n) is 5.86. The first kappa shape index (κ1) is 17.6. The Bertz CT molecular complexity index is 1010. The molecular formula is C21H20N2O3. The highest BCUT2D eigenvalue weighted by atomic mass is 16.5. The van der Waals surface area contributed by atoms with E-state index in [2.05, 4.69) is 5.10 Å². The monoisotopic (exact) mass is 348 g/mol. The third-order valence-electron chi connectivity index (χ3n) is 4.00. The average Bonchev–Trinajstić information content (AvgIpc) is 2.67. The zero-order valence-electron chi connectivity index (χ0n) is 14.6. The fourth-order valence-electron chi connectivity index (χ4n) is 2.61. The van der Waals surface area contributed by atoms with Gasteiger partial charge in [-0.2, -0.15) is 9.78 Å². The lowest BCUT2D eigenvalue weighted by Gasteiger charge is -2.09. The van der Waals surface area contributed by atoms with Crippen LogP contribution >= 0.6 is 0 Å². The van der Waals surface area contributed by atoms with Crippen LogP contribution in [0.2, 0.25) is 0 Å². The van der Waals surface area contributed by atoms with Crippen molar-refractivity contribution in [3.05, 3.63) is 76.7 Å². The van der Waals surface area contributed by atoms with Crippen LogP contribution in [0.1, 0.15) is 25.3 Å². The lowest BCUT2D eigenvalue weighted by atomic mass is 10.1. The summed E-state index contributed by atoms with van der Waals surface area (Å²) >= 11 is 0. The Morgan fingerprint density at radius 3 is 2.77 bits per heavy atom. The number of hydrogen-bond acceptors (Lipinski definition) is 4. The Morgan fingerprint density at radius 1 is 1.15 bits per heavy atom. The molecule has 1 aromatic heterocycles. The van der Waals surface area contributed by atoms with Gasteiger partial charge in [-0.15, -0.1) is 0 Å². The first-order valence-corrected chi connectivity index (χ1v) is 8.62. The van der Waals surface area contributed by atoms with Crippen LogP contribution in [0, 0.1) is 0 Å². The molecule has 26 heavy (non-hydrogen) atoms. The van der Waals surface area contributed by atoms with Crippen molar-refractivity contribution < 1.29 is 9.53 Å². The number of carbonyl (C=O) groups is 1. The Morgan fingerprint density at radius 2 is 1.92 bits per heavy atom. The minimum absolute atomic E-state index is 0.200. The predicted octanol–water partition coefficient (Wildman–Crippen LogP) is 3.74. The molecule has 3 rings (SSSR count). The average molecular weight is 348 g/mol. The molecule has 0 unspecified atom stereocenters. The van der Waals surface area contributed by atoms with Gasteiger partial charge >= 0.3 is 5.97 Å². The third kappa shape index (κ3) is 3.88. The largest absolute Gasteiger partial charge is 0.463 e. The molecule has 2 aromatic carbocycles. The van der Waals surface area contributed by atoms with Crippen molar-refractivity contribution >= 4 is 22.8 Å². The number of benzene rings is 2. The van der Waals surface area contributed by atoms with E-state index in [4.69, 9.17) is 4.74 Å². The number of unbranched alkanes of at least 4 members (excludes halogenated alkanes) is 1. The van der Waals surface area contributed by atoms with Crippen LogP contribution in [-0.2, 0) is 9.53 Å². The zero-order chi connectivity index (χ0) is 18.4. The minimum Gasteiger partial charge on any atom is -0.463 e. The molecule has 5 nitrogen and oxygen atoms in total.